The molecule has 0 unspecified atom stereocenters. The Morgan fingerprint density at radius 3 is 2.92 bits per heavy atom. The molecule has 0 atom stereocenters. The second-order valence-electron chi connectivity index (χ2n) is 3.62. The SMILES string of the molecule is CC1(O)CN(C(=O)c2cnc[nH]2)C1. The Morgan fingerprint density at radius 1 is 1.77 bits per heavy atom. The predicted molar refractivity (Wildman–Crippen MR) is 45.1 cm³/mol. The largest absolute Gasteiger partial charge is 0.386 e. The molecule has 13 heavy (non-hydrogen) atoms. The molecule has 5 nitrogen and oxygen atoms in total. The van der Waals surface area contributed by atoms with Crippen LogP contribution in [-0.4, -0.2) is 44.6 Å². The fourth-order valence-corrected chi connectivity index (χ4v) is 1.46. The number of β-amino-alcohol motifs (C(OH)–C–C–N with tert-alkyl or cyclic N) is 1. The molecule has 1 aromatic heterocycles. The third-order valence-electron chi connectivity index (χ3n) is 2.08. The van der Waals surface area contributed by atoms with Gasteiger partial charge in [0.15, 0.2) is 0 Å². The van der Waals surface area contributed by atoms with Crippen LogP contribution in [0.4, 0.5) is 0 Å². The van der Waals surface area contributed by atoms with Gasteiger partial charge in [0.05, 0.1) is 31.2 Å². The normalized spacial score (nSPS) is 19.7. The summed E-state index contributed by atoms with van der Waals surface area (Å²) in [7, 11) is 0. The monoisotopic (exact) mass is 181 g/mol. The summed E-state index contributed by atoms with van der Waals surface area (Å²) < 4.78 is 0. The standard InChI is InChI=1S/C8H11N3O2/c1-8(13)3-11(4-8)7(12)6-2-9-5-10-6/h2,5,13H,3-4H2,1H3,(H,9,10). The summed E-state index contributed by atoms with van der Waals surface area (Å²) in [5.74, 6) is -0.107. The molecule has 1 amide bonds. The summed E-state index contributed by atoms with van der Waals surface area (Å²) in [6, 6.07) is 0. The molecule has 1 saturated heterocycles. The highest BCUT2D eigenvalue weighted by molar-refractivity contribution is 5.92. The smallest absolute Gasteiger partial charge is 0.272 e. The summed E-state index contributed by atoms with van der Waals surface area (Å²) in [4.78, 5) is 19.6. The quantitative estimate of drug-likeness (QED) is 0.620. The molecule has 0 saturated carbocycles. The molecule has 5 heteroatoms. The van der Waals surface area contributed by atoms with Crippen LogP contribution in [0.5, 0.6) is 0 Å². The average molecular weight is 181 g/mol. The minimum Gasteiger partial charge on any atom is -0.386 e. The number of carbonyl (C=O) groups excluding carboxylic acids is 1. The lowest BCUT2D eigenvalue weighted by Gasteiger charge is -2.43. The van der Waals surface area contributed by atoms with Crippen LogP contribution in [0.1, 0.15) is 17.4 Å². The number of nitrogens with zero attached hydrogens (tertiary/aromatic N) is 2. The third-order valence-corrected chi connectivity index (χ3v) is 2.08. The zero-order valence-corrected chi connectivity index (χ0v) is 7.32. The number of carbonyl (C=O) groups is 1. The molecule has 1 aliphatic heterocycles. The van der Waals surface area contributed by atoms with Crippen LogP contribution in [0.25, 0.3) is 0 Å². The van der Waals surface area contributed by atoms with Gasteiger partial charge in [-0.1, -0.05) is 0 Å². The van der Waals surface area contributed by atoms with E-state index in [1.807, 2.05) is 0 Å². The number of aromatic amines is 1. The second kappa shape index (κ2) is 2.56. The summed E-state index contributed by atoms with van der Waals surface area (Å²) in [6.45, 7) is 2.50. The van der Waals surface area contributed by atoms with Gasteiger partial charge >= 0.3 is 0 Å². The van der Waals surface area contributed by atoms with Gasteiger partial charge in [-0.05, 0) is 6.92 Å². The first-order valence-electron chi connectivity index (χ1n) is 4.08. The van der Waals surface area contributed by atoms with E-state index < -0.39 is 5.60 Å². The number of H-pyrrole nitrogens is 1. The van der Waals surface area contributed by atoms with Crippen molar-refractivity contribution >= 4 is 5.91 Å². The fraction of sp³-hybridized carbons (Fsp3) is 0.500. The van der Waals surface area contributed by atoms with Gasteiger partial charge in [0.1, 0.15) is 5.69 Å². The van der Waals surface area contributed by atoms with Crippen LogP contribution in [0, 0.1) is 0 Å². The molecule has 0 aromatic carbocycles. The highest BCUT2D eigenvalue weighted by Gasteiger charge is 2.39. The van der Waals surface area contributed by atoms with Crippen molar-refractivity contribution < 1.29 is 9.90 Å². The first-order chi connectivity index (χ1) is 6.08. The van der Waals surface area contributed by atoms with Gasteiger partial charge in [-0.3, -0.25) is 4.79 Å². The van der Waals surface area contributed by atoms with Crippen molar-refractivity contribution in [3.63, 3.8) is 0 Å². The number of amides is 1. The highest BCUT2D eigenvalue weighted by Crippen LogP contribution is 2.21. The molecule has 70 valence electrons. The summed E-state index contributed by atoms with van der Waals surface area (Å²) in [5.41, 5.74) is -0.245. The minimum atomic E-state index is -0.713. The Labute approximate surface area is 75.4 Å². The highest BCUT2D eigenvalue weighted by atomic mass is 16.3. The number of hydrogen-bond acceptors (Lipinski definition) is 3. The van der Waals surface area contributed by atoms with Gasteiger partial charge in [-0.25, -0.2) is 4.98 Å². The Morgan fingerprint density at radius 2 is 2.46 bits per heavy atom. The number of nitrogens with one attached hydrogen (secondary N) is 1. The Bertz CT molecular complexity index is 310. The summed E-state index contributed by atoms with van der Waals surface area (Å²) in [5, 5.41) is 9.41. The van der Waals surface area contributed by atoms with Crippen LogP contribution in [-0.2, 0) is 0 Å². The number of aromatic nitrogens is 2. The molecule has 1 aliphatic rings. The van der Waals surface area contributed by atoms with E-state index in [1.165, 1.54) is 12.5 Å². The van der Waals surface area contributed by atoms with E-state index in [4.69, 9.17) is 0 Å². The van der Waals surface area contributed by atoms with E-state index in [0.29, 0.717) is 18.8 Å². The molecule has 2 rings (SSSR count). The zero-order valence-electron chi connectivity index (χ0n) is 7.32. The van der Waals surface area contributed by atoms with Crippen molar-refractivity contribution in [1.82, 2.24) is 14.9 Å². The average Bonchev–Trinajstić information content (AvgIpc) is 2.50. The molecule has 2 heterocycles. The fourth-order valence-electron chi connectivity index (χ4n) is 1.46. The van der Waals surface area contributed by atoms with Gasteiger partial charge in [0.25, 0.3) is 5.91 Å². The van der Waals surface area contributed by atoms with Crippen LogP contribution >= 0.6 is 0 Å². The van der Waals surface area contributed by atoms with Crippen molar-refractivity contribution in [1.29, 1.82) is 0 Å². The lowest BCUT2D eigenvalue weighted by atomic mass is 9.97. The van der Waals surface area contributed by atoms with Crippen molar-refractivity contribution in [2.24, 2.45) is 0 Å². The molecule has 2 N–H and O–H groups in total. The van der Waals surface area contributed by atoms with E-state index in [1.54, 1.807) is 11.8 Å². The Hall–Kier alpha value is -1.36. The third kappa shape index (κ3) is 1.42. The second-order valence-corrected chi connectivity index (χ2v) is 3.62. The number of imidazole rings is 1. The summed E-state index contributed by atoms with van der Waals surface area (Å²) >= 11 is 0. The van der Waals surface area contributed by atoms with Crippen molar-refractivity contribution in [3.8, 4) is 0 Å². The van der Waals surface area contributed by atoms with Crippen LogP contribution < -0.4 is 0 Å². The van der Waals surface area contributed by atoms with E-state index in [0.717, 1.165) is 0 Å². The van der Waals surface area contributed by atoms with Gasteiger partial charge in [0, 0.05) is 0 Å². The first kappa shape index (κ1) is 8.25. The number of aliphatic hydroxyl groups is 1. The van der Waals surface area contributed by atoms with Gasteiger partial charge in [-0.15, -0.1) is 0 Å². The van der Waals surface area contributed by atoms with E-state index in [-0.39, 0.29) is 5.91 Å². The predicted octanol–water partition coefficient (Wildman–Crippen LogP) is -0.383. The maximum Gasteiger partial charge on any atom is 0.272 e. The molecule has 1 fully saturated rings. The molecule has 1 aromatic rings. The van der Waals surface area contributed by atoms with E-state index in [9.17, 15) is 9.90 Å². The zero-order chi connectivity index (χ0) is 9.47. The van der Waals surface area contributed by atoms with Crippen LogP contribution in [0.2, 0.25) is 0 Å². The minimum absolute atomic E-state index is 0.107. The van der Waals surface area contributed by atoms with Crippen molar-refractivity contribution in [3.05, 3.63) is 18.2 Å². The molecule has 0 aliphatic carbocycles. The lowest BCUT2D eigenvalue weighted by Crippen LogP contribution is -2.61. The van der Waals surface area contributed by atoms with Gasteiger partial charge < -0.3 is 15.0 Å². The Kier molecular flexibility index (Phi) is 1.63. The van der Waals surface area contributed by atoms with Crippen LogP contribution in [0.3, 0.4) is 0 Å². The first-order valence-corrected chi connectivity index (χ1v) is 4.08. The maximum atomic E-state index is 11.5. The molecule has 0 radical (unpaired) electrons. The number of rotatable bonds is 1. The molecule has 0 spiro atoms. The van der Waals surface area contributed by atoms with Crippen LogP contribution in [0.15, 0.2) is 12.5 Å². The number of hydrogen-bond donors (Lipinski definition) is 2. The van der Waals surface area contributed by atoms with Crippen molar-refractivity contribution in [2.75, 3.05) is 13.1 Å². The van der Waals surface area contributed by atoms with Gasteiger partial charge in [-0.2, -0.15) is 0 Å². The summed E-state index contributed by atoms with van der Waals surface area (Å²) in [6.07, 6.45) is 2.94. The van der Waals surface area contributed by atoms with E-state index >= 15 is 0 Å². The van der Waals surface area contributed by atoms with Gasteiger partial charge in [0.2, 0.25) is 0 Å². The molecule has 0 bridgehead atoms. The Balaban J connectivity index is 2.02. The lowest BCUT2D eigenvalue weighted by molar-refractivity contribution is -0.0670. The maximum absolute atomic E-state index is 11.5. The topological polar surface area (TPSA) is 69.2 Å². The molecular formula is C8H11N3O2. The number of likely N-dealkylation sites (tertiary alicyclic amines) is 1. The van der Waals surface area contributed by atoms with E-state index in [2.05, 4.69) is 9.97 Å². The molecular weight excluding hydrogens is 170 g/mol. The van der Waals surface area contributed by atoms with Crippen molar-refractivity contribution in [2.45, 2.75) is 12.5 Å².